The second kappa shape index (κ2) is 7.94. The van der Waals surface area contributed by atoms with Crippen LogP contribution in [0.3, 0.4) is 0 Å². The van der Waals surface area contributed by atoms with Gasteiger partial charge in [0.2, 0.25) is 18.1 Å². The summed E-state index contributed by atoms with van der Waals surface area (Å²) < 4.78 is 17.7. The van der Waals surface area contributed by atoms with Crippen molar-refractivity contribution in [3.05, 3.63) is 58.3 Å². The first-order valence-corrected chi connectivity index (χ1v) is 9.55. The molecule has 2 N–H and O–H groups in total. The van der Waals surface area contributed by atoms with Crippen molar-refractivity contribution >= 4 is 22.7 Å². The molecular weight excluding hydrogens is 390 g/mol. The molecule has 2 aromatic heterocycles. The normalized spacial score (nSPS) is 13.3. The number of hydrogen-bond donors (Lipinski definition) is 2. The van der Waals surface area contributed by atoms with Gasteiger partial charge >= 0.3 is 0 Å². The molecule has 0 saturated carbocycles. The largest absolute Gasteiger partial charge is 0.467 e. The second-order valence-electron chi connectivity index (χ2n) is 6.87. The Morgan fingerprint density at radius 1 is 1.23 bits per heavy atom. The molecule has 1 aliphatic rings. The number of ether oxygens (including phenoxy) is 2. The number of nitrogens with one attached hydrogen (secondary N) is 2. The summed E-state index contributed by atoms with van der Waals surface area (Å²) in [5.74, 6) is 0.608. The molecule has 1 aliphatic heterocycles. The molecule has 9 nitrogen and oxygen atoms in total. The first-order valence-electron chi connectivity index (χ1n) is 9.55. The third kappa shape index (κ3) is 3.61. The molecule has 4 rings (SSSR count). The Morgan fingerprint density at radius 2 is 2.00 bits per heavy atom. The Morgan fingerprint density at radius 3 is 2.70 bits per heavy atom. The van der Waals surface area contributed by atoms with Gasteiger partial charge in [-0.3, -0.25) is 14.4 Å². The zero-order valence-electron chi connectivity index (χ0n) is 16.6. The maximum Gasteiger partial charge on any atom is 0.257 e. The number of carbonyl (C=O) groups is 2. The zero-order valence-corrected chi connectivity index (χ0v) is 16.6. The predicted molar refractivity (Wildman–Crippen MR) is 107 cm³/mol. The Balaban J connectivity index is 1.56. The first-order chi connectivity index (χ1) is 14.5. The van der Waals surface area contributed by atoms with Gasteiger partial charge in [-0.1, -0.05) is 0 Å². The molecule has 0 radical (unpaired) electrons. The van der Waals surface area contributed by atoms with Gasteiger partial charge in [0.15, 0.2) is 11.5 Å². The summed E-state index contributed by atoms with van der Waals surface area (Å²) in [5, 5.41) is 5.61. The van der Waals surface area contributed by atoms with Crippen LogP contribution in [0.1, 0.15) is 30.0 Å². The number of fused-ring (bicyclic) bond motifs is 2. The number of hydrogen-bond acceptors (Lipinski definition) is 6. The van der Waals surface area contributed by atoms with Crippen LogP contribution in [0.5, 0.6) is 11.5 Å². The highest BCUT2D eigenvalue weighted by Crippen LogP contribution is 2.35. The molecule has 1 atom stereocenters. The summed E-state index contributed by atoms with van der Waals surface area (Å²) in [6, 6.07) is 5.93. The van der Waals surface area contributed by atoms with E-state index in [0.717, 1.165) is 0 Å². The Hall–Kier alpha value is -3.75. The fourth-order valence-corrected chi connectivity index (χ4v) is 3.28. The fourth-order valence-electron chi connectivity index (χ4n) is 3.28. The number of aromatic nitrogens is 1. The summed E-state index contributed by atoms with van der Waals surface area (Å²) in [4.78, 5) is 38.0. The number of furan rings is 1. The van der Waals surface area contributed by atoms with Crippen LogP contribution >= 0.6 is 0 Å². The Labute approximate surface area is 171 Å². The lowest BCUT2D eigenvalue weighted by Gasteiger charge is -2.15. The highest BCUT2D eigenvalue weighted by molar-refractivity contribution is 6.00. The van der Waals surface area contributed by atoms with Gasteiger partial charge in [0, 0.05) is 18.8 Å². The van der Waals surface area contributed by atoms with Crippen LogP contribution < -0.4 is 25.5 Å². The van der Waals surface area contributed by atoms with Crippen molar-refractivity contribution in [1.29, 1.82) is 0 Å². The fraction of sp³-hybridized carbons (Fsp3) is 0.286. The van der Waals surface area contributed by atoms with E-state index in [1.165, 1.54) is 12.5 Å². The molecule has 156 valence electrons. The topological polar surface area (TPSA) is 112 Å². The van der Waals surface area contributed by atoms with Crippen LogP contribution in [-0.2, 0) is 17.9 Å². The lowest BCUT2D eigenvalue weighted by molar-refractivity contribution is -0.122. The molecule has 9 heteroatoms. The smallest absolute Gasteiger partial charge is 0.257 e. The molecule has 0 aliphatic carbocycles. The molecule has 0 fully saturated rings. The van der Waals surface area contributed by atoms with Crippen molar-refractivity contribution in [3.8, 4) is 11.5 Å². The van der Waals surface area contributed by atoms with Gasteiger partial charge in [-0.05, 0) is 32.0 Å². The van der Waals surface area contributed by atoms with Crippen molar-refractivity contribution in [3.63, 3.8) is 0 Å². The quantitative estimate of drug-likeness (QED) is 0.640. The average molecular weight is 411 g/mol. The summed E-state index contributed by atoms with van der Waals surface area (Å²) in [6.07, 6.45) is 3.01. The van der Waals surface area contributed by atoms with E-state index in [1.807, 2.05) is 6.92 Å². The van der Waals surface area contributed by atoms with Crippen molar-refractivity contribution in [2.24, 2.45) is 0 Å². The summed E-state index contributed by atoms with van der Waals surface area (Å²) >= 11 is 0. The van der Waals surface area contributed by atoms with Crippen LogP contribution in [0.25, 0.3) is 10.9 Å². The number of nitrogens with zero attached hydrogens (tertiary/aromatic N) is 1. The van der Waals surface area contributed by atoms with Crippen molar-refractivity contribution in [2.45, 2.75) is 33.0 Å². The van der Waals surface area contributed by atoms with Crippen LogP contribution in [0, 0.1) is 0 Å². The van der Waals surface area contributed by atoms with Gasteiger partial charge in [0.05, 0.1) is 23.7 Å². The van der Waals surface area contributed by atoms with E-state index in [4.69, 9.17) is 13.9 Å². The lowest BCUT2D eigenvalue weighted by atomic mass is 10.1. The molecule has 2 amide bonds. The van der Waals surface area contributed by atoms with Gasteiger partial charge in [-0.25, -0.2) is 0 Å². The van der Waals surface area contributed by atoms with E-state index in [1.54, 1.807) is 35.8 Å². The highest BCUT2D eigenvalue weighted by Gasteiger charge is 2.23. The van der Waals surface area contributed by atoms with Crippen LogP contribution in [0.15, 0.2) is 45.9 Å². The third-order valence-corrected chi connectivity index (χ3v) is 4.92. The van der Waals surface area contributed by atoms with Gasteiger partial charge < -0.3 is 29.1 Å². The minimum absolute atomic E-state index is 0.0473. The van der Waals surface area contributed by atoms with Crippen LogP contribution in [-0.4, -0.2) is 29.2 Å². The van der Waals surface area contributed by atoms with Crippen LogP contribution in [0.4, 0.5) is 0 Å². The van der Waals surface area contributed by atoms with E-state index in [2.05, 4.69) is 10.6 Å². The minimum Gasteiger partial charge on any atom is -0.467 e. The summed E-state index contributed by atoms with van der Waals surface area (Å²) in [6.45, 7) is 4.28. The number of pyridine rings is 1. The van der Waals surface area contributed by atoms with E-state index in [-0.39, 0.29) is 24.8 Å². The molecule has 3 heterocycles. The second-order valence-corrected chi connectivity index (χ2v) is 6.87. The van der Waals surface area contributed by atoms with E-state index < -0.39 is 17.4 Å². The lowest BCUT2D eigenvalue weighted by Crippen LogP contribution is -2.45. The Bertz CT molecular complexity index is 1170. The SMILES string of the molecule is CCn1cc(C(=O)NC(C)C(=O)NCc2ccco2)c(=O)c2cc3c(cc21)OCO3. The number of aryl methyl sites for hydroxylation is 1. The monoisotopic (exact) mass is 411 g/mol. The molecular formula is C21H21N3O6. The van der Waals surface area contributed by atoms with Gasteiger partial charge in [0.1, 0.15) is 17.4 Å². The maximum atomic E-state index is 13.0. The highest BCUT2D eigenvalue weighted by atomic mass is 16.7. The Kier molecular flexibility index (Phi) is 5.18. The van der Waals surface area contributed by atoms with E-state index >= 15 is 0 Å². The third-order valence-electron chi connectivity index (χ3n) is 4.92. The van der Waals surface area contributed by atoms with Crippen molar-refractivity contribution in [1.82, 2.24) is 15.2 Å². The molecule has 0 saturated heterocycles. The number of rotatable bonds is 6. The average Bonchev–Trinajstić information content (AvgIpc) is 3.42. The standard InChI is InChI=1S/C21H21N3O6/c1-3-24-10-15(19(25)14-7-17-18(8-16(14)24)30-11-29-17)21(27)23-12(2)20(26)22-9-13-5-4-6-28-13/h4-8,10,12H,3,9,11H2,1-2H3,(H,22,26)(H,23,27). The van der Waals surface area contributed by atoms with Crippen LogP contribution in [0.2, 0.25) is 0 Å². The van der Waals surface area contributed by atoms with Gasteiger partial charge in [-0.15, -0.1) is 0 Å². The molecule has 1 unspecified atom stereocenters. The molecule has 0 bridgehead atoms. The van der Waals surface area contributed by atoms with Crippen molar-refractivity contribution in [2.75, 3.05) is 6.79 Å². The zero-order chi connectivity index (χ0) is 21.3. The number of amides is 2. The summed E-state index contributed by atoms with van der Waals surface area (Å²) in [5.41, 5.74) is 0.162. The first kappa shape index (κ1) is 19.6. The predicted octanol–water partition coefficient (Wildman–Crippen LogP) is 1.78. The summed E-state index contributed by atoms with van der Waals surface area (Å²) in [7, 11) is 0. The van der Waals surface area contributed by atoms with Crippen molar-refractivity contribution < 1.29 is 23.5 Å². The number of carbonyl (C=O) groups excluding carboxylic acids is 2. The molecule has 0 spiro atoms. The van der Waals surface area contributed by atoms with Gasteiger partial charge in [0.25, 0.3) is 5.91 Å². The number of benzene rings is 1. The van der Waals surface area contributed by atoms with Gasteiger partial charge in [-0.2, -0.15) is 0 Å². The van der Waals surface area contributed by atoms with E-state index in [0.29, 0.717) is 34.7 Å². The molecule has 1 aromatic carbocycles. The molecule has 3 aromatic rings. The maximum absolute atomic E-state index is 13.0. The van der Waals surface area contributed by atoms with E-state index in [9.17, 15) is 14.4 Å². The minimum atomic E-state index is -0.839. The molecule has 30 heavy (non-hydrogen) atoms.